The minimum atomic E-state index is -0.894. The molecule has 38 heavy (non-hydrogen) atoms. The Kier molecular flexibility index (Phi) is 7.47. The number of anilines is 1. The summed E-state index contributed by atoms with van der Waals surface area (Å²) in [6.07, 6.45) is 0. The molecule has 11 heteroatoms. The van der Waals surface area contributed by atoms with Crippen LogP contribution in [-0.4, -0.2) is 38.1 Å². The summed E-state index contributed by atoms with van der Waals surface area (Å²) in [6, 6.07) is 7.65. The van der Waals surface area contributed by atoms with Gasteiger partial charge >= 0.3 is 6.03 Å². The van der Waals surface area contributed by atoms with Crippen LogP contribution < -0.4 is 19.7 Å². The molecule has 3 aromatic carbocycles. The summed E-state index contributed by atoms with van der Waals surface area (Å²) in [5, 5.41) is 2.46. The second kappa shape index (κ2) is 10.6. The molecule has 0 saturated carbocycles. The van der Waals surface area contributed by atoms with Crippen molar-refractivity contribution in [3.8, 4) is 11.5 Å². The van der Waals surface area contributed by atoms with E-state index >= 15 is 0 Å². The van der Waals surface area contributed by atoms with Gasteiger partial charge in [0.25, 0.3) is 5.91 Å². The molecule has 0 saturated heterocycles. The minimum Gasteiger partial charge on any atom is -0.497 e. The van der Waals surface area contributed by atoms with Crippen molar-refractivity contribution in [1.29, 1.82) is 0 Å². The van der Waals surface area contributed by atoms with Gasteiger partial charge in [-0.15, -0.1) is 0 Å². The monoisotopic (exact) mass is 531 g/mol. The van der Waals surface area contributed by atoms with Crippen molar-refractivity contribution in [1.82, 2.24) is 10.2 Å². The first-order valence-electron chi connectivity index (χ1n) is 11.6. The molecule has 1 aliphatic heterocycles. The molecular formula is C27H25F4N3O4. The topological polar surface area (TPSA) is 71.1 Å². The van der Waals surface area contributed by atoms with E-state index in [1.807, 2.05) is 0 Å². The van der Waals surface area contributed by atoms with Crippen LogP contribution in [0, 0.1) is 23.3 Å². The van der Waals surface area contributed by atoms with Crippen molar-refractivity contribution >= 4 is 17.6 Å². The zero-order valence-electron chi connectivity index (χ0n) is 21.1. The molecule has 0 fully saturated rings. The molecule has 1 heterocycles. The van der Waals surface area contributed by atoms with Crippen molar-refractivity contribution in [2.75, 3.05) is 26.2 Å². The first kappa shape index (κ1) is 26.8. The molecule has 0 radical (unpaired) electrons. The lowest BCUT2D eigenvalue weighted by atomic mass is 9.98. The average molecular weight is 532 g/mol. The molecule has 1 atom stereocenters. The molecule has 1 aliphatic rings. The third kappa shape index (κ3) is 4.96. The van der Waals surface area contributed by atoms with Gasteiger partial charge in [-0.2, -0.15) is 0 Å². The van der Waals surface area contributed by atoms with Crippen LogP contribution >= 0.6 is 0 Å². The van der Waals surface area contributed by atoms with Gasteiger partial charge in [0.15, 0.2) is 0 Å². The standard InChI is InChI=1S/C27H25F4N3O4/c1-14-18-6-5-15(26(35)32-12-19-21(28)8-16(37-3)9-22(19)29)7-25(18)34(27(36)33(14)2)13-20-23(30)10-17(38-4)11-24(20)31/h5-11,14H,12-13H2,1-4H3,(H,32,35)/t14-/m0/s1. The number of nitrogens with one attached hydrogen (secondary N) is 1. The Morgan fingerprint density at radius 1 is 0.895 bits per heavy atom. The second-order valence-corrected chi connectivity index (χ2v) is 8.75. The summed E-state index contributed by atoms with van der Waals surface area (Å²) < 4.78 is 67.7. The first-order valence-corrected chi connectivity index (χ1v) is 11.6. The smallest absolute Gasteiger partial charge is 0.325 e. The van der Waals surface area contributed by atoms with Crippen LogP contribution in [0.3, 0.4) is 0 Å². The number of benzene rings is 3. The molecule has 7 nitrogen and oxygen atoms in total. The van der Waals surface area contributed by atoms with Crippen LogP contribution in [0.1, 0.15) is 40.0 Å². The number of hydrogen-bond donors (Lipinski definition) is 1. The van der Waals surface area contributed by atoms with Gasteiger partial charge in [-0.1, -0.05) is 6.07 Å². The van der Waals surface area contributed by atoms with Crippen LogP contribution in [0.15, 0.2) is 42.5 Å². The van der Waals surface area contributed by atoms with E-state index in [-0.39, 0.29) is 39.9 Å². The Balaban J connectivity index is 1.64. The van der Waals surface area contributed by atoms with Gasteiger partial charge in [-0.05, 0) is 24.6 Å². The second-order valence-electron chi connectivity index (χ2n) is 8.75. The van der Waals surface area contributed by atoms with Crippen LogP contribution in [0.5, 0.6) is 11.5 Å². The highest BCUT2D eigenvalue weighted by Crippen LogP contribution is 2.38. The van der Waals surface area contributed by atoms with Crippen molar-refractivity contribution in [2.45, 2.75) is 26.1 Å². The quantitative estimate of drug-likeness (QED) is 0.419. The maximum atomic E-state index is 14.7. The summed E-state index contributed by atoms with van der Waals surface area (Å²) in [5.74, 6) is -4.23. The maximum absolute atomic E-state index is 14.7. The Morgan fingerprint density at radius 2 is 1.42 bits per heavy atom. The third-order valence-corrected chi connectivity index (χ3v) is 6.59. The van der Waals surface area contributed by atoms with E-state index in [1.165, 1.54) is 36.2 Å². The highest BCUT2D eigenvalue weighted by atomic mass is 19.1. The molecule has 0 unspecified atom stereocenters. The molecule has 0 aromatic heterocycles. The van der Waals surface area contributed by atoms with Gasteiger partial charge in [-0.3, -0.25) is 9.69 Å². The Morgan fingerprint density at radius 3 is 1.95 bits per heavy atom. The van der Waals surface area contributed by atoms with Gasteiger partial charge in [0.1, 0.15) is 34.8 Å². The summed E-state index contributed by atoms with van der Waals surface area (Å²) >= 11 is 0. The Bertz CT molecular complexity index is 1370. The molecule has 4 rings (SSSR count). The summed E-state index contributed by atoms with van der Waals surface area (Å²) in [7, 11) is 4.11. The van der Waals surface area contributed by atoms with E-state index in [0.29, 0.717) is 5.56 Å². The lowest BCUT2D eigenvalue weighted by molar-refractivity contribution is 0.0950. The van der Waals surface area contributed by atoms with E-state index in [1.54, 1.807) is 20.0 Å². The molecule has 0 bridgehead atoms. The summed E-state index contributed by atoms with van der Waals surface area (Å²) in [5.41, 5.74) is 0.307. The molecule has 3 amide bonds. The lowest BCUT2D eigenvalue weighted by Crippen LogP contribution is -2.47. The minimum absolute atomic E-state index is 0.00153. The normalized spacial score (nSPS) is 14.8. The lowest BCUT2D eigenvalue weighted by Gasteiger charge is -2.39. The van der Waals surface area contributed by atoms with Gasteiger partial charge in [0, 0.05) is 54.5 Å². The number of rotatable bonds is 7. The van der Waals surface area contributed by atoms with Crippen molar-refractivity contribution < 1.29 is 36.6 Å². The van der Waals surface area contributed by atoms with Gasteiger partial charge in [0.05, 0.1) is 32.5 Å². The van der Waals surface area contributed by atoms with E-state index in [4.69, 9.17) is 9.47 Å². The fourth-order valence-electron chi connectivity index (χ4n) is 4.24. The Hall–Kier alpha value is -4.28. The van der Waals surface area contributed by atoms with Gasteiger partial charge in [-0.25, -0.2) is 22.4 Å². The number of fused-ring (bicyclic) bond motifs is 1. The van der Waals surface area contributed by atoms with Crippen LogP contribution in [0.2, 0.25) is 0 Å². The molecule has 200 valence electrons. The number of amides is 3. The van der Waals surface area contributed by atoms with Crippen LogP contribution in [0.4, 0.5) is 28.0 Å². The molecule has 0 aliphatic carbocycles. The van der Waals surface area contributed by atoms with E-state index in [9.17, 15) is 27.2 Å². The van der Waals surface area contributed by atoms with Gasteiger partial charge < -0.3 is 19.7 Å². The number of hydrogen-bond acceptors (Lipinski definition) is 4. The molecule has 3 aromatic rings. The third-order valence-electron chi connectivity index (χ3n) is 6.59. The number of methoxy groups -OCH3 is 2. The summed E-state index contributed by atoms with van der Waals surface area (Å²) in [6.45, 7) is 0.886. The van der Waals surface area contributed by atoms with Crippen molar-refractivity contribution in [2.24, 2.45) is 0 Å². The van der Waals surface area contributed by atoms with E-state index in [0.717, 1.165) is 24.3 Å². The highest BCUT2D eigenvalue weighted by Gasteiger charge is 2.34. The fourth-order valence-corrected chi connectivity index (χ4v) is 4.24. The van der Waals surface area contributed by atoms with Crippen molar-refractivity contribution in [3.63, 3.8) is 0 Å². The number of carbonyl (C=O) groups is 2. The summed E-state index contributed by atoms with van der Waals surface area (Å²) in [4.78, 5) is 28.6. The van der Waals surface area contributed by atoms with E-state index < -0.39 is 48.3 Å². The first-order chi connectivity index (χ1) is 18.0. The average Bonchev–Trinajstić information content (AvgIpc) is 2.89. The SMILES string of the molecule is COc1cc(F)c(CNC(=O)c2ccc3c(c2)N(Cc2c(F)cc(OC)cc2F)C(=O)N(C)[C@H]3C)c(F)c1. The predicted molar refractivity (Wildman–Crippen MR) is 131 cm³/mol. The van der Waals surface area contributed by atoms with E-state index in [2.05, 4.69) is 5.32 Å². The van der Waals surface area contributed by atoms with Crippen molar-refractivity contribution in [3.05, 3.63) is 88.0 Å². The number of nitrogens with zero attached hydrogens (tertiary/aromatic N) is 2. The number of halogens is 4. The highest BCUT2D eigenvalue weighted by molar-refractivity contribution is 5.99. The molecule has 0 spiro atoms. The van der Waals surface area contributed by atoms with Crippen LogP contribution in [-0.2, 0) is 13.1 Å². The molecule has 1 N–H and O–H groups in total. The number of carbonyl (C=O) groups excluding carboxylic acids is 2. The predicted octanol–water partition coefficient (Wildman–Crippen LogP) is 5.32. The maximum Gasteiger partial charge on any atom is 0.325 e. The molecular weight excluding hydrogens is 506 g/mol. The number of ether oxygens (including phenoxy) is 2. The van der Waals surface area contributed by atoms with Crippen LogP contribution in [0.25, 0.3) is 0 Å². The fraction of sp³-hybridized carbons (Fsp3) is 0.259. The number of urea groups is 1. The zero-order chi connectivity index (χ0) is 27.7. The Labute approximate surface area is 216 Å². The van der Waals surface area contributed by atoms with Gasteiger partial charge in [0.2, 0.25) is 0 Å². The zero-order valence-corrected chi connectivity index (χ0v) is 21.1. The largest absolute Gasteiger partial charge is 0.497 e.